The van der Waals surface area contributed by atoms with Crippen LogP contribution in [0, 0.1) is 0 Å². The van der Waals surface area contributed by atoms with Gasteiger partial charge in [0.15, 0.2) is 0 Å². The number of rotatable bonds is 7. The molecule has 0 aliphatic rings. The van der Waals surface area contributed by atoms with E-state index in [1.165, 1.54) is 32.1 Å². The van der Waals surface area contributed by atoms with Gasteiger partial charge in [0.2, 0.25) is 0 Å². The summed E-state index contributed by atoms with van der Waals surface area (Å²) in [6.07, 6.45) is 8.60. The topological polar surface area (TPSA) is 12.0 Å². The largest absolute Gasteiger partial charge is 0.314 e. The Bertz CT molecular complexity index is 88.9. The van der Waals surface area contributed by atoms with Crippen LogP contribution in [0.2, 0.25) is 0 Å². The summed E-state index contributed by atoms with van der Waals surface area (Å²) in [6.45, 7) is 6.01. The third-order valence-corrected chi connectivity index (χ3v) is 2.02. The molecule has 0 aliphatic carbocycles. The molecule has 0 bridgehead atoms. The fourth-order valence-corrected chi connectivity index (χ4v) is 1.17. The first-order valence-electron chi connectivity index (χ1n) is 4.65. The van der Waals surface area contributed by atoms with E-state index in [1.54, 1.807) is 0 Å². The monoisotopic (exact) mass is 155 g/mol. The molecular weight excluding hydrogens is 134 g/mol. The van der Waals surface area contributed by atoms with Crippen molar-refractivity contribution in [2.75, 3.05) is 7.05 Å². The summed E-state index contributed by atoms with van der Waals surface area (Å²) in [6, 6.07) is 0.520. The van der Waals surface area contributed by atoms with E-state index >= 15 is 0 Å². The molecule has 0 aliphatic heterocycles. The first-order chi connectivity index (χ1) is 5.35. The Hall–Kier alpha value is -0.300. The maximum Gasteiger partial charge on any atom is 0.0244 e. The SMILES string of the molecule is C=CC(CCCCCC)NC. The van der Waals surface area contributed by atoms with E-state index in [2.05, 4.69) is 18.8 Å². The van der Waals surface area contributed by atoms with Crippen LogP contribution in [0.1, 0.15) is 39.0 Å². The Morgan fingerprint density at radius 2 is 2.09 bits per heavy atom. The second-order valence-electron chi connectivity index (χ2n) is 2.98. The van der Waals surface area contributed by atoms with Crippen molar-refractivity contribution in [1.82, 2.24) is 5.32 Å². The first kappa shape index (κ1) is 10.7. The number of hydrogen-bond acceptors (Lipinski definition) is 1. The molecule has 66 valence electrons. The van der Waals surface area contributed by atoms with Gasteiger partial charge in [0.1, 0.15) is 0 Å². The lowest BCUT2D eigenvalue weighted by molar-refractivity contribution is 0.551. The third kappa shape index (κ3) is 6.11. The zero-order valence-electron chi connectivity index (χ0n) is 7.90. The summed E-state index contributed by atoms with van der Waals surface area (Å²) >= 11 is 0. The van der Waals surface area contributed by atoms with Gasteiger partial charge in [-0.3, -0.25) is 0 Å². The molecule has 1 heteroatoms. The van der Waals surface area contributed by atoms with Gasteiger partial charge >= 0.3 is 0 Å². The molecular formula is C10H21N. The number of hydrogen-bond donors (Lipinski definition) is 1. The molecule has 0 saturated carbocycles. The van der Waals surface area contributed by atoms with Gasteiger partial charge in [-0.1, -0.05) is 38.7 Å². The summed E-state index contributed by atoms with van der Waals surface area (Å²) in [7, 11) is 1.99. The normalized spacial score (nSPS) is 12.9. The summed E-state index contributed by atoms with van der Waals surface area (Å²) in [5.41, 5.74) is 0. The quantitative estimate of drug-likeness (QED) is 0.440. The second-order valence-corrected chi connectivity index (χ2v) is 2.98. The second kappa shape index (κ2) is 7.80. The predicted molar refractivity (Wildman–Crippen MR) is 51.8 cm³/mol. The van der Waals surface area contributed by atoms with Crippen molar-refractivity contribution >= 4 is 0 Å². The highest BCUT2D eigenvalue weighted by Gasteiger charge is 1.98. The minimum absolute atomic E-state index is 0.520. The molecule has 1 nitrogen and oxygen atoms in total. The van der Waals surface area contributed by atoms with E-state index in [9.17, 15) is 0 Å². The van der Waals surface area contributed by atoms with Crippen molar-refractivity contribution < 1.29 is 0 Å². The summed E-state index contributed by atoms with van der Waals surface area (Å²) in [5.74, 6) is 0. The highest BCUT2D eigenvalue weighted by Crippen LogP contribution is 2.05. The molecule has 1 atom stereocenters. The van der Waals surface area contributed by atoms with Gasteiger partial charge in [-0.05, 0) is 13.5 Å². The van der Waals surface area contributed by atoms with Crippen LogP contribution in [0.4, 0.5) is 0 Å². The summed E-state index contributed by atoms with van der Waals surface area (Å²) < 4.78 is 0. The van der Waals surface area contributed by atoms with Crippen molar-refractivity contribution in [2.24, 2.45) is 0 Å². The average Bonchev–Trinajstić information content (AvgIpc) is 2.05. The van der Waals surface area contributed by atoms with Gasteiger partial charge in [0.05, 0.1) is 0 Å². The molecule has 0 aromatic heterocycles. The van der Waals surface area contributed by atoms with Crippen LogP contribution in [-0.4, -0.2) is 13.1 Å². The fraction of sp³-hybridized carbons (Fsp3) is 0.800. The van der Waals surface area contributed by atoms with Crippen LogP contribution in [0.25, 0.3) is 0 Å². The maximum absolute atomic E-state index is 3.77. The highest BCUT2D eigenvalue weighted by molar-refractivity contribution is 4.83. The molecule has 0 spiro atoms. The fourth-order valence-electron chi connectivity index (χ4n) is 1.17. The van der Waals surface area contributed by atoms with Crippen LogP contribution >= 0.6 is 0 Å². The van der Waals surface area contributed by atoms with Gasteiger partial charge in [0.25, 0.3) is 0 Å². The van der Waals surface area contributed by atoms with E-state index in [0.29, 0.717) is 6.04 Å². The van der Waals surface area contributed by atoms with Crippen LogP contribution in [0.3, 0.4) is 0 Å². The number of nitrogens with one attached hydrogen (secondary N) is 1. The third-order valence-electron chi connectivity index (χ3n) is 2.02. The molecule has 0 fully saturated rings. The van der Waals surface area contributed by atoms with Gasteiger partial charge in [0, 0.05) is 6.04 Å². The average molecular weight is 155 g/mol. The Kier molecular flexibility index (Phi) is 7.59. The highest BCUT2D eigenvalue weighted by atomic mass is 14.8. The van der Waals surface area contributed by atoms with Crippen molar-refractivity contribution in [1.29, 1.82) is 0 Å². The van der Waals surface area contributed by atoms with Gasteiger partial charge in [-0.2, -0.15) is 0 Å². The lowest BCUT2D eigenvalue weighted by Gasteiger charge is -2.09. The van der Waals surface area contributed by atoms with E-state index in [4.69, 9.17) is 0 Å². The van der Waals surface area contributed by atoms with E-state index < -0.39 is 0 Å². The van der Waals surface area contributed by atoms with E-state index in [0.717, 1.165) is 0 Å². The Labute approximate surface area is 70.9 Å². The standard InChI is InChI=1S/C10H21N/c1-4-6-7-8-9-10(5-2)11-3/h5,10-11H,2,4,6-9H2,1,3H3. The first-order valence-corrected chi connectivity index (χ1v) is 4.65. The summed E-state index contributed by atoms with van der Waals surface area (Å²) in [5, 5.41) is 3.21. The smallest absolute Gasteiger partial charge is 0.0244 e. The van der Waals surface area contributed by atoms with Gasteiger partial charge < -0.3 is 5.32 Å². The summed E-state index contributed by atoms with van der Waals surface area (Å²) in [4.78, 5) is 0. The molecule has 1 unspecified atom stereocenters. The van der Waals surface area contributed by atoms with Crippen molar-refractivity contribution in [3.05, 3.63) is 12.7 Å². The van der Waals surface area contributed by atoms with Gasteiger partial charge in [-0.15, -0.1) is 6.58 Å². The Morgan fingerprint density at radius 1 is 1.36 bits per heavy atom. The lowest BCUT2D eigenvalue weighted by Crippen LogP contribution is -2.21. The lowest BCUT2D eigenvalue weighted by atomic mass is 10.1. The van der Waals surface area contributed by atoms with E-state index in [-0.39, 0.29) is 0 Å². The zero-order chi connectivity index (χ0) is 8.53. The molecule has 0 aromatic carbocycles. The molecule has 1 N–H and O–H groups in total. The van der Waals surface area contributed by atoms with Crippen LogP contribution < -0.4 is 5.32 Å². The molecule has 0 radical (unpaired) electrons. The van der Waals surface area contributed by atoms with Crippen LogP contribution in [-0.2, 0) is 0 Å². The minimum Gasteiger partial charge on any atom is -0.314 e. The maximum atomic E-state index is 3.77. The molecule has 11 heavy (non-hydrogen) atoms. The minimum atomic E-state index is 0.520. The number of unbranched alkanes of at least 4 members (excludes halogenated alkanes) is 3. The Morgan fingerprint density at radius 3 is 2.55 bits per heavy atom. The Balaban J connectivity index is 3.14. The van der Waals surface area contributed by atoms with Crippen molar-refractivity contribution in [3.8, 4) is 0 Å². The number of likely N-dealkylation sites (N-methyl/N-ethyl adjacent to an activating group) is 1. The predicted octanol–water partition coefficient (Wildman–Crippen LogP) is 2.73. The molecule has 0 amide bonds. The van der Waals surface area contributed by atoms with Crippen LogP contribution in [0.15, 0.2) is 12.7 Å². The van der Waals surface area contributed by atoms with Crippen molar-refractivity contribution in [3.63, 3.8) is 0 Å². The molecule has 0 rings (SSSR count). The zero-order valence-corrected chi connectivity index (χ0v) is 7.90. The van der Waals surface area contributed by atoms with E-state index in [1.807, 2.05) is 13.1 Å². The van der Waals surface area contributed by atoms with Crippen LogP contribution in [0.5, 0.6) is 0 Å². The molecule has 0 aromatic rings. The molecule has 0 heterocycles. The van der Waals surface area contributed by atoms with Gasteiger partial charge in [-0.25, -0.2) is 0 Å². The molecule has 0 saturated heterocycles. The van der Waals surface area contributed by atoms with Crippen molar-refractivity contribution in [2.45, 2.75) is 45.1 Å².